The van der Waals surface area contributed by atoms with Crippen molar-refractivity contribution in [1.82, 2.24) is 15.2 Å². The van der Waals surface area contributed by atoms with Crippen molar-refractivity contribution in [2.75, 3.05) is 32.9 Å². The first-order valence-electron chi connectivity index (χ1n) is 6.11. The molecule has 0 saturated heterocycles. The third kappa shape index (κ3) is 5.06. The van der Waals surface area contributed by atoms with Gasteiger partial charge in [-0.05, 0) is 33.6 Å². The summed E-state index contributed by atoms with van der Waals surface area (Å²) in [6.45, 7) is 6.39. The van der Waals surface area contributed by atoms with Gasteiger partial charge in [-0.3, -0.25) is 0 Å². The number of rotatable bonds is 7. The SMILES string of the molecule is CCNC(C)c1cccnc1SCCN(C)C. The van der Waals surface area contributed by atoms with Crippen LogP contribution in [0.4, 0.5) is 0 Å². The number of hydrogen-bond donors (Lipinski definition) is 1. The lowest BCUT2D eigenvalue weighted by Gasteiger charge is -2.16. The Morgan fingerprint density at radius 2 is 2.24 bits per heavy atom. The standard InChI is InChI=1S/C13H23N3S/c1-5-14-11(2)12-7-6-8-15-13(12)17-10-9-16(3)4/h6-8,11,14H,5,9-10H2,1-4H3. The zero-order chi connectivity index (χ0) is 12.7. The maximum Gasteiger partial charge on any atom is 0.101 e. The average molecular weight is 253 g/mol. The quantitative estimate of drug-likeness (QED) is 0.755. The summed E-state index contributed by atoms with van der Waals surface area (Å²) in [6.07, 6.45) is 1.88. The van der Waals surface area contributed by atoms with Crippen molar-refractivity contribution in [3.05, 3.63) is 23.9 Å². The molecule has 0 aliphatic carbocycles. The molecule has 17 heavy (non-hydrogen) atoms. The van der Waals surface area contributed by atoms with Crippen LogP contribution in [0.1, 0.15) is 25.5 Å². The Labute approximate surface area is 109 Å². The summed E-state index contributed by atoms with van der Waals surface area (Å²) in [5, 5.41) is 4.59. The van der Waals surface area contributed by atoms with Crippen LogP contribution in [0.5, 0.6) is 0 Å². The Morgan fingerprint density at radius 1 is 1.47 bits per heavy atom. The molecule has 1 heterocycles. The Balaban J connectivity index is 2.63. The maximum absolute atomic E-state index is 4.48. The first-order valence-corrected chi connectivity index (χ1v) is 7.09. The number of hydrogen-bond acceptors (Lipinski definition) is 4. The van der Waals surface area contributed by atoms with E-state index >= 15 is 0 Å². The number of aromatic nitrogens is 1. The van der Waals surface area contributed by atoms with Gasteiger partial charge in [0.1, 0.15) is 5.03 Å². The summed E-state index contributed by atoms with van der Waals surface area (Å²) in [5.41, 5.74) is 1.30. The van der Waals surface area contributed by atoms with Gasteiger partial charge < -0.3 is 10.2 Å². The lowest BCUT2D eigenvalue weighted by Crippen LogP contribution is -2.19. The summed E-state index contributed by atoms with van der Waals surface area (Å²) in [4.78, 5) is 6.68. The molecule has 0 fully saturated rings. The highest BCUT2D eigenvalue weighted by molar-refractivity contribution is 7.99. The molecule has 1 aromatic rings. The topological polar surface area (TPSA) is 28.2 Å². The second kappa shape index (κ2) is 7.69. The van der Waals surface area contributed by atoms with Crippen molar-refractivity contribution in [3.8, 4) is 0 Å². The molecule has 0 amide bonds. The molecule has 1 unspecified atom stereocenters. The zero-order valence-electron chi connectivity index (χ0n) is 11.2. The van der Waals surface area contributed by atoms with Crippen molar-refractivity contribution in [2.45, 2.75) is 24.9 Å². The summed E-state index contributed by atoms with van der Waals surface area (Å²) in [7, 11) is 4.20. The Hall–Kier alpha value is -0.580. The van der Waals surface area contributed by atoms with Crippen LogP contribution >= 0.6 is 11.8 Å². The monoisotopic (exact) mass is 253 g/mol. The highest BCUT2D eigenvalue weighted by Gasteiger charge is 2.10. The summed E-state index contributed by atoms with van der Waals surface area (Å²) < 4.78 is 0. The molecular formula is C13H23N3S. The lowest BCUT2D eigenvalue weighted by atomic mass is 10.1. The first kappa shape index (κ1) is 14.5. The molecule has 4 heteroatoms. The van der Waals surface area contributed by atoms with Crippen molar-refractivity contribution < 1.29 is 0 Å². The lowest BCUT2D eigenvalue weighted by molar-refractivity contribution is 0.437. The van der Waals surface area contributed by atoms with Crippen LogP contribution in [-0.2, 0) is 0 Å². The molecule has 0 saturated carbocycles. The predicted octanol–water partition coefficient (Wildman–Crippen LogP) is 2.41. The molecule has 0 aliphatic rings. The van der Waals surface area contributed by atoms with Crippen LogP contribution in [0.3, 0.4) is 0 Å². The normalized spacial score (nSPS) is 13.0. The average Bonchev–Trinajstić information content (AvgIpc) is 2.29. The van der Waals surface area contributed by atoms with Crippen molar-refractivity contribution in [1.29, 1.82) is 0 Å². The van der Waals surface area contributed by atoms with E-state index in [1.54, 1.807) is 0 Å². The van der Waals surface area contributed by atoms with Gasteiger partial charge in [-0.15, -0.1) is 11.8 Å². The van der Waals surface area contributed by atoms with Crippen molar-refractivity contribution in [2.24, 2.45) is 0 Å². The van der Waals surface area contributed by atoms with E-state index in [0.717, 1.165) is 23.9 Å². The van der Waals surface area contributed by atoms with E-state index in [1.807, 2.05) is 24.0 Å². The Kier molecular flexibility index (Phi) is 6.55. The van der Waals surface area contributed by atoms with E-state index in [0.29, 0.717) is 6.04 Å². The van der Waals surface area contributed by atoms with E-state index in [-0.39, 0.29) is 0 Å². The van der Waals surface area contributed by atoms with Crippen molar-refractivity contribution in [3.63, 3.8) is 0 Å². The van der Waals surface area contributed by atoms with Crippen LogP contribution < -0.4 is 5.32 Å². The van der Waals surface area contributed by atoms with E-state index < -0.39 is 0 Å². The minimum absolute atomic E-state index is 0.371. The number of nitrogens with one attached hydrogen (secondary N) is 1. The highest BCUT2D eigenvalue weighted by atomic mass is 32.2. The number of thioether (sulfide) groups is 1. The second-order valence-corrected chi connectivity index (χ2v) is 5.41. The Morgan fingerprint density at radius 3 is 2.88 bits per heavy atom. The molecule has 96 valence electrons. The van der Waals surface area contributed by atoms with E-state index in [2.05, 4.69) is 49.2 Å². The van der Waals surface area contributed by atoms with E-state index in [1.165, 1.54) is 5.56 Å². The maximum atomic E-state index is 4.48. The molecule has 1 aromatic heterocycles. The van der Waals surface area contributed by atoms with Gasteiger partial charge in [0.15, 0.2) is 0 Å². The van der Waals surface area contributed by atoms with Gasteiger partial charge in [0.05, 0.1) is 0 Å². The zero-order valence-corrected chi connectivity index (χ0v) is 12.0. The van der Waals surface area contributed by atoms with Crippen LogP contribution in [0.15, 0.2) is 23.4 Å². The van der Waals surface area contributed by atoms with Gasteiger partial charge >= 0.3 is 0 Å². The molecule has 0 aromatic carbocycles. The second-order valence-electron chi connectivity index (χ2n) is 4.33. The van der Waals surface area contributed by atoms with Gasteiger partial charge in [-0.2, -0.15) is 0 Å². The molecule has 0 bridgehead atoms. The molecule has 1 atom stereocenters. The summed E-state index contributed by atoms with van der Waals surface area (Å²) >= 11 is 1.84. The van der Waals surface area contributed by atoms with Gasteiger partial charge in [-0.25, -0.2) is 4.98 Å². The van der Waals surface area contributed by atoms with Gasteiger partial charge in [-0.1, -0.05) is 13.0 Å². The minimum Gasteiger partial charge on any atom is -0.310 e. The molecule has 0 radical (unpaired) electrons. The number of pyridine rings is 1. The molecule has 1 rings (SSSR count). The van der Waals surface area contributed by atoms with E-state index in [4.69, 9.17) is 0 Å². The predicted molar refractivity (Wildman–Crippen MR) is 75.6 cm³/mol. The summed E-state index contributed by atoms with van der Waals surface area (Å²) in [5.74, 6) is 1.08. The third-order valence-electron chi connectivity index (χ3n) is 2.55. The van der Waals surface area contributed by atoms with Crippen molar-refractivity contribution >= 4 is 11.8 Å². The van der Waals surface area contributed by atoms with Crippen LogP contribution in [-0.4, -0.2) is 42.8 Å². The smallest absolute Gasteiger partial charge is 0.101 e. The van der Waals surface area contributed by atoms with Crippen LogP contribution in [0.2, 0.25) is 0 Å². The fourth-order valence-corrected chi connectivity index (χ4v) is 2.79. The molecule has 3 nitrogen and oxygen atoms in total. The highest BCUT2D eigenvalue weighted by Crippen LogP contribution is 2.24. The molecule has 1 N–H and O–H groups in total. The molecule has 0 spiro atoms. The van der Waals surface area contributed by atoms with E-state index in [9.17, 15) is 0 Å². The number of nitrogens with zero attached hydrogens (tertiary/aromatic N) is 2. The van der Waals surface area contributed by atoms with Gasteiger partial charge in [0.2, 0.25) is 0 Å². The largest absolute Gasteiger partial charge is 0.310 e. The molecular weight excluding hydrogens is 230 g/mol. The first-order chi connectivity index (χ1) is 8.15. The third-order valence-corrected chi connectivity index (χ3v) is 3.56. The Bertz CT molecular complexity index is 328. The fraction of sp³-hybridized carbons (Fsp3) is 0.615. The van der Waals surface area contributed by atoms with Gasteiger partial charge in [0.25, 0.3) is 0 Å². The fourth-order valence-electron chi connectivity index (χ4n) is 1.59. The molecule has 0 aliphatic heterocycles. The summed E-state index contributed by atoms with van der Waals surface area (Å²) in [6, 6.07) is 4.55. The minimum atomic E-state index is 0.371. The van der Waals surface area contributed by atoms with Crippen LogP contribution in [0.25, 0.3) is 0 Å². The van der Waals surface area contributed by atoms with Gasteiger partial charge in [0, 0.05) is 30.1 Å². The van der Waals surface area contributed by atoms with Crippen LogP contribution in [0, 0.1) is 0 Å².